The summed E-state index contributed by atoms with van der Waals surface area (Å²) >= 11 is 0. The second-order valence-electron chi connectivity index (χ2n) is 7.13. The van der Waals surface area contributed by atoms with E-state index in [0.29, 0.717) is 5.92 Å². The molecular weight excluding hydrogens is 251 g/mol. The highest BCUT2D eigenvalue weighted by Crippen LogP contribution is 2.31. The van der Waals surface area contributed by atoms with Gasteiger partial charge in [0.2, 0.25) is 0 Å². The summed E-state index contributed by atoms with van der Waals surface area (Å²) in [7, 11) is 0. The molecule has 0 saturated carbocycles. The number of hydrogen-bond donors (Lipinski definition) is 1. The highest BCUT2D eigenvalue weighted by molar-refractivity contribution is 5.58. The molecule has 3 heteroatoms. The molecule has 1 aromatic rings. The van der Waals surface area contributed by atoms with Crippen molar-refractivity contribution in [1.29, 1.82) is 0 Å². The van der Waals surface area contributed by atoms with Crippen molar-refractivity contribution in [3.63, 3.8) is 0 Å². The van der Waals surface area contributed by atoms with Gasteiger partial charge in [0, 0.05) is 25.3 Å². The third-order valence-corrected chi connectivity index (χ3v) is 3.81. The summed E-state index contributed by atoms with van der Waals surface area (Å²) in [6.45, 7) is 13.0. The molecule has 0 atom stereocenters. The number of halogens is 1. The zero-order valence-corrected chi connectivity index (χ0v) is 13.2. The van der Waals surface area contributed by atoms with Gasteiger partial charge in [0.1, 0.15) is 5.82 Å². The van der Waals surface area contributed by atoms with Crippen LogP contribution in [0.15, 0.2) is 18.2 Å². The number of nitrogens with zero attached hydrogens (tertiary/aromatic N) is 1. The number of hydrogen-bond acceptors (Lipinski definition) is 2. The van der Waals surface area contributed by atoms with E-state index in [4.69, 9.17) is 0 Å². The molecule has 0 fully saturated rings. The standard InChI is InChI=1S/C17H27FN2/c1-13(2)10-19-11-17(3,4)12-20-8-7-14-5-6-15(18)9-16(14)20/h5-6,9,13,19H,7-8,10-12H2,1-4H3. The Balaban J connectivity index is 1.96. The predicted molar refractivity (Wildman–Crippen MR) is 83.8 cm³/mol. The van der Waals surface area contributed by atoms with Crippen LogP contribution < -0.4 is 10.2 Å². The van der Waals surface area contributed by atoms with Gasteiger partial charge in [-0.2, -0.15) is 0 Å². The normalized spacial score (nSPS) is 15.0. The van der Waals surface area contributed by atoms with Gasteiger partial charge in [-0.3, -0.25) is 0 Å². The van der Waals surface area contributed by atoms with Gasteiger partial charge in [0.05, 0.1) is 0 Å². The number of nitrogens with one attached hydrogen (secondary N) is 1. The Morgan fingerprint density at radius 1 is 1.35 bits per heavy atom. The Bertz CT molecular complexity index is 454. The molecule has 2 rings (SSSR count). The average Bonchev–Trinajstić information content (AvgIpc) is 2.70. The van der Waals surface area contributed by atoms with Crippen molar-refractivity contribution in [2.75, 3.05) is 31.1 Å². The molecule has 0 aliphatic carbocycles. The lowest BCUT2D eigenvalue weighted by atomic mass is 9.92. The fraction of sp³-hybridized carbons (Fsp3) is 0.647. The third kappa shape index (κ3) is 3.95. The smallest absolute Gasteiger partial charge is 0.125 e. The van der Waals surface area contributed by atoms with E-state index in [-0.39, 0.29) is 11.2 Å². The van der Waals surface area contributed by atoms with Crippen LogP contribution in [0.3, 0.4) is 0 Å². The zero-order valence-electron chi connectivity index (χ0n) is 13.2. The monoisotopic (exact) mass is 278 g/mol. The van der Waals surface area contributed by atoms with Crippen molar-refractivity contribution >= 4 is 5.69 Å². The molecule has 1 heterocycles. The molecule has 0 radical (unpaired) electrons. The second kappa shape index (κ2) is 6.13. The number of benzene rings is 1. The van der Waals surface area contributed by atoms with Gasteiger partial charge in [0.15, 0.2) is 0 Å². The molecule has 1 aliphatic rings. The molecule has 1 aromatic carbocycles. The van der Waals surface area contributed by atoms with Crippen LogP contribution in [0, 0.1) is 17.2 Å². The Morgan fingerprint density at radius 2 is 2.10 bits per heavy atom. The molecular formula is C17H27FN2. The molecule has 0 bridgehead atoms. The molecule has 112 valence electrons. The lowest BCUT2D eigenvalue weighted by Crippen LogP contribution is -2.40. The van der Waals surface area contributed by atoms with Crippen LogP contribution >= 0.6 is 0 Å². The van der Waals surface area contributed by atoms with Crippen LogP contribution in [0.4, 0.5) is 10.1 Å². The fourth-order valence-corrected chi connectivity index (χ4v) is 2.85. The first kappa shape index (κ1) is 15.3. The van der Waals surface area contributed by atoms with Crippen LogP contribution in [-0.4, -0.2) is 26.2 Å². The van der Waals surface area contributed by atoms with Crippen molar-refractivity contribution in [3.8, 4) is 0 Å². The van der Waals surface area contributed by atoms with E-state index in [9.17, 15) is 4.39 Å². The van der Waals surface area contributed by atoms with Crippen molar-refractivity contribution in [3.05, 3.63) is 29.6 Å². The van der Waals surface area contributed by atoms with Gasteiger partial charge in [-0.1, -0.05) is 33.8 Å². The van der Waals surface area contributed by atoms with Crippen molar-refractivity contribution in [2.24, 2.45) is 11.3 Å². The molecule has 0 saturated heterocycles. The van der Waals surface area contributed by atoms with E-state index in [1.807, 2.05) is 6.07 Å². The second-order valence-corrected chi connectivity index (χ2v) is 7.13. The van der Waals surface area contributed by atoms with E-state index in [2.05, 4.69) is 37.9 Å². The molecule has 1 N–H and O–H groups in total. The summed E-state index contributed by atoms with van der Waals surface area (Å²) < 4.78 is 13.4. The quantitative estimate of drug-likeness (QED) is 0.857. The molecule has 0 amide bonds. The SMILES string of the molecule is CC(C)CNCC(C)(C)CN1CCc2ccc(F)cc21. The first-order valence-corrected chi connectivity index (χ1v) is 7.61. The third-order valence-electron chi connectivity index (χ3n) is 3.81. The topological polar surface area (TPSA) is 15.3 Å². The first-order chi connectivity index (χ1) is 9.37. The zero-order chi connectivity index (χ0) is 14.8. The van der Waals surface area contributed by atoms with Crippen LogP contribution in [-0.2, 0) is 6.42 Å². The summed E-state index contributed by atoms with van der Waals surface area (Å²) in [6.07, 6.45) is 1.03. The number of anilines is 1. The maximum atomic E-state index is 13.4. The lowest BCUT2D eigenvalue weighted by molar-refractivity contribution is 0.335. The molecule has 2 nitrogen and oxygen atoms in total. The molecule has 0 spiro atoms. The highest BCUT2D eigenvalue weighted by atomic mass is 19.1. The summed E-state index contributed by atoms with van der Waals surface area (Å²) in [5, 5.41) is 3.53. The lowest BCUT2D eigenvalue weighted by Gasteiger charge is -2.32. The predicted octanol–water partition coefficient (Wildman–Crippen LogP) is 3.46. The van der Waals surface area contributed by atoms with Crippen LogP contribution in [0.1, 0.15) is 33.3 Å². The summed E-state index contributed by atoms with van der Waals surface area (Å²) in [4.78, 5) is 2.33. The maximum absolute atomic E-state index is 13.4. The Kier molecular flexibility index (Phi) is 4.69. The molecule has 0 unspecified atom stereocenters. The Morgan fingerprint density at radius 3 is 2.80 bits per heavy atom. The molecule has 20 heavy (non-hydrogen) atoms. The van der Waals surface area contributed by atoms with Crippen LogP contribution in [0.25, 0.3) is 0 Å². The van der Waals surface area contributed by atoms with Crippen molar-refractivity contribution in [1.82, 2.24) is 5.32 Å². The first-order valence-electron chi connectivity index (χ1n) is 7.61. The van der Waals surface area contributed by atoms with Gasteiger partial charge in [-0.05, 0) is 42.0 Å². The van der Waals surface area contributed by atoms with Gasteiger partial charge in [-0.25, -0.2) is 4.39 Å². The van der Waals surface area contributed by atoms with E-state index in [1.165, 1.54) is 5.56 Å². The average molecular weight is 278 g/mol. The van der Waals surface area contributed by atoms with E-state index in [0.717, 1.165) is 38.3 Å². The summed E-state index contributed by atoms with van der Waals surface area (Å²) in [6, 6.07) is 5.17. The fourth-order valence-electron chi connectivity index (χ4n) is 2.85. The summed E-state index contributed by atoms with van der Waals surface area (Å²) in [5.41, 5.74) is 2.54. The minimum absolute atomic E-state index is 0.133. The van der Waals surface area contributed by atoms with E-state index < -0.39 is 0 Å². The van der Waals surface area contributed by atoms with Gasteiger partial charge in [0.25, 0.3) is 0 Å². The minimum atomic E-state index is -0.133. The number of rotatable bonds is 6. The highest BCUT2D eigenvalue weighted by Gasteiger charge is 2.26. The van der Waals surface area contributed by atoms with E-state index >= 15 is 0 Å². The largest absolute Gasteiger partial charge is 0.370 e. The van der Waals surface area contributed by atoms with Crippen LogP contribution in [0.2, 0.25) is 0 Å². The summed E-state index contributed by atoms with van der Waals surface area (Å²) in [5.74, 6) is 0.541. The minimum Gasteiger partial charge on any atom is -0.370 e. The van der Waals surface area contributed by atoms with Crippen LogP contribution in [0.5, 0.6) is 0 Å². The maximum Gasteiger partial charge on any atom is 0.125 e. The van der Waals surface area contributed by atoms with Gasteiger partial charge >= 0.3 is 0 Å². The van der Waals surface area contributed by atoms with Crippen molar-refractivity contribution in [2.45, 2.75) is 34.1 Å². The van der Waals surface area contributed by atoms with Crippen molar-refractivity contribution < 1.29 is 4.39 Å². The molecule has 0 aromatic heterocycles. The number of fused-ring (bicyclic) bond motifs is 1. The van der Waals surface area contributed by atoms with Gasteiger partial charge in [-0.15, -0.1) is 0 Å². The van der Waals surface area contributed by atoms with Gasteiger partial charge < -0.3 is 10.2 Å². The van der Waals surface area contributed by atoms with E-state index in [1.54, 1.807) is 12.1 Å². The Hall–Kier alpha value is -1.09. The Labute approximate surface area is 122 Å². The molecule has 1 aliphatic heterocycles.